The molecule has 0 saturated heterocycles. The van der Waals surface area contributed by atoms with Crippen molar-refractivity contribution in [3.63, 3.8) is 0 Å². The van der Waals surface area contributed by atoms with Crippen LogP contribution in [0.2, 0.25) is 0 Å². The Labute approximate surface area is 127 Å². The summed E-state index contributed by atoms with van der Waals surface area (Å²) >= 11 is 0. The minimum Gasteiger partial charge on any atom is -0.496 e. The number of hydrogen-bond donors (Lipinski definition) is 1. The van der Waals surface area contributed by atoms with Crippen LogP contribution in [0.3, 0.4) is 0 Å². The molecule has 2 fully saturated rings. The van der Waals surface area contributed by atoms with E-state index in [0.29, 0.717) is 5.41 Å². The van der Waals surface area contributed by atoms with E-state index in [9.17, 15) is 0 Å². The quantitative estimate of drug-likeness (QED) is 0.871. The smallest absolute Gasteiger partial charge is 0.123 e. The number of fused-ring (bicyclic) bond motifs is 1. The molecule has 3 heteroatoms. The number of nitrogens with one attached hydrogen (secondary N) is 1. The molecule has 0 bridgehead atoms. The number of rotatable bonds is 6. The Morgan fingerprint density at radius 2 is 2.14 bits per heavy atom. The highest BCUT2D eigenvalue weighted by Crippen LogP contribution is 2.60. The molecule has 2 aliphatic carbocycles. The van der Waals surface area contributed by atoms with Crippen LogP contribution in [0.15, 0.2) is 12.1 Å². The van der Waals surface area contributed by atoms with Gasteiger partial charge in [0.25, 0.3) is 0 Å². The van der Waals surface area contributed by atoms with Crippen molar-refractivity contribution in [3.05, 3.63) is 23.3 Å². The number of methoxy groups -OCH3 is 1. The molecule has 1 N–H and O–H groups in total. The maximum Gasteiger partial charge on any atom is 0.123 e. The van der Waals surface area contributed by atoms with Gasteiger partial charge in [0.2, 0.25) is 0 Å². The van der Waals surface area contributed by atoms with Gasteiger partial charge in [-0.3, -0.25) is 0 Å². The predicted molar refractivity (Wildman–Crippen MR) is 82.9 cm³/mol. The van der Waals surface area contributed by atoms with Crippen LogP contribution in [0.1, 0.15) is 43.7 Å². The first kappa shape index (κ1) is 13.4. The molecule has 0 spiro atoms. The third kappa shape index (κ3) is 2.52. The summed E-state index contributed by atoms with van der Waals surface area (Å²) in [5, 5.41) is 3.67. The lowest BCUT2D eigenvalue weighted by atomic mass is 10.0. The van der Waals surface area contributed by atoms with Crippen molar-refractivity contribution in [2.45, 2.75) is 51.7 Å². The summed E-state index contributed by atoms with van der Waals surface area (Å²) in [5.74, 6) is 3.05. The van der Waals surface area contributed by atoms with E-state index in [1.165, 1.54) is 36.8 Å². The minimum atomic E-state index is 0.289. The fourth-order valence-corrected chi connectivity index (χ4v) is 3.84. The largest absolute Gasteiger partial charge is 0.496 e. The molecule has 0 radical (unpaired) electrons. The molecule has 1 aliphatic heterocycles. The lowest BCUT2D eigenvalue weighted by Gasteiger charge is -2.16. The molecule has 0 aromatic heterocycles. The highest BCUT2D eigenvalue weighted by molar-refractivity contribution is 5.48. The van der Waals surface area contributed by atoms with Gasteiger partial charge in [-0.25, -0.2) is 0 Å². The standard InChI is InChI=1S/C18H25NO2/c1-12-7-13-8-16(20-2)14(9-17(13)21-12)10-19-11-18(5-6-18)15-3-4-15/h8-9,12,15,19H,3-7,10-11H2,1-2H3. The lowest BCUT2D eigenvalue weighted by molar-refractivity contribution is 0.254. The molecular formula is C18H25NO2. The van der Waals surface area contributed by atoms with E-state index < -0.39 is 0 Å². The Morgan fingerprint density at radius 3 is 2.81 bits per heavy atom. The van der Waals surface area contributed by atoms with Gasteiger partial charge in [0, 0.05) is 30.6 Å². The van der Waals surface area contributed by atoms with Crippen molar-refractivity contribution < 1.29 is 9.47 Å². The summed E-state index contributed by atoms with van der Waals surface area (Å²) in [7, 11) is 1.76. The number of benzene rings is 1. The molecule has 3 nitrogen and oxygen atoms in total. The predicted octanol–water partition coefficient (Wildman–Crippen LogP) is 3.30. The highest BCUT2D eigenvalue weighted by Gasteiger charge is 2.53. The maximum atomic E-state index is 5.87. The van der Waals surface area contributed by atoms with Gasteiger partial charge in [-0.15, -0.1) is 0 Å². The molecule has 21 heavy (non-hydrogen) atoms. The zero-order chi connectivity index (χ0) is 14.4. The molecule has 1 heterocycles. The zero-order valence-electron chi connectivity index (χ0n) is 13.1. The van der Waals surface area contributed by atoms with Crippen molar-refractivity contribution in [1.29, 1.82) is 0 Å². The van der Waals surface area contributed by atoms with Crippen LogP contribution >= 0.6 is 0 Å². The third-order valence-corrected chi connectivity index (χ3v) is 5.43. The Morgan fingerprint density at radius 1 is 1.33 bits per heavy atom. The van der Waals surface area contributed by atoms with Gasteiger partial charge < -0.3 is 14.8 Å². The van der Waals surface area contributed by atoms with Gasteiger partial charge in [-0.2, -0.15) is 0 Å². The molecule has 1 atom stereocenters. The summed E-state index contributed by atoms with van der Waals surface area (Å²) < 4.78 is 11.4. The van der Waals surface area contributed by atoms with Crippen LogP contribution in [0.4, 0.5) is 0 Å². The summed E-state index contributed by atoms with van der Waals surface area (Å²) in [6.07, 6.45) is 7.03. The van der Waals surface area contributed by atoms with Crippen molar-refractivity contribution >= 4 is 0 Å². The normalized spacial score (nSPS) is 25.3. The molecule has 114 valence electrons. The van der Waals surface area contributed by atoms with Crippen LogP contribution in [-0.4, -0.2) is 19.8 Å². The Hall–Kier alpha value is -1.22. The summed E-state index contributed by atoms with van der Waals surface area (Å²) in [6.45, 7) is 4.16. The van der Waals surface area contributed by atoms with Gasteiger partial charge in [-0.05, 0) is 56.1 Å². The average Bonchev–Trinajstić information content (AvgIpc) is 3.34. The van der Waals surface area contributed by atoms with E-state index in [4.69, 9.17) is 9.47 Å². The fraction of sp³-hybridized carbons (Fsp3) is 0.667. The topological polar surface area (TPSA) is 30.5 Å². The SMILES string of the molecule is COc1cc2c(cc1CNCC1(C3CC3)CC1)OC(C)C2. The van der Waals surface area contributed by atoms with Crippen LogP contribution in [0.5, 0.6) is 11.5 Å². The molecule has 1 aromatic carbocycles. The first-order valence-electron chi connectivity index (χ1n) is 8.27. The summed E-state index contributed by atoms with van der Waals surface area (Å²) in [6, 6.07) is 4.32. The van der Waals surface area contributed by atoms with E-state index in [1.807, 2.05) is 0 Å². The number of hydrogen-bond acceptors (Lipinski definition) is 3. The highest BCUT2D eigenvalue weighted by atomic mass is 16.5. The second-order valence-electron chi connectivity index (χ2n) is 7.14. The number of ether oxygens (including phenoxy) is 2. The Balaban J connectivity index is 1.43. The van der Waals surface area contributed by atoms with Gasteiger partial charge >= 0.3 is 0 Å². The van der Waals surface area contributed by atoms with E-state index in [-0.39, 0.29) is 6.10 Å². The molecule has 3 aliphatic rings. The molecule has 4 rings (SSSR count). The monoisotopic (exact) mass is 287 g/mol. The van der Waals surface area contributed by atoms with Crippen molar-refractivity contribution in [2.75, 3.05) is 13.7 Å². The molecule has 1 aromatic rings. The zero-order valence-corrected chi connectivity index (χ0v) is 13.1. The van der Waals surface area contributed by atoms with Gasteiger partial charge in [-0.1, -0.05) is 0 Å². The van der Waals surface area contributed by atoms with Crippen LogP contribution in [0.25, 0.3) is 0 Å². The van der Waals surface area contributed by atoms with Gasteiger partial charge in [0.1, 0.15) is 17.6 Å². The summed E-state index contributed by atoms with van der Waals surface area (Å²) in [4.78, 5) is 0. The lowest BCUT2D eigenvalue weighted by Crippen LogP contribution is -2.25. The van der Waals surface area contributed by atoms with E-state index >= 15 is 0 Å². The van der Waals surface area contributed by atoms with Gasteiger partial charge in [0.15, 0.2) is 0 Å². The first-order valence-corrected chi connectivity index (χ1v) is 8.27. The average molecular weight is 287 g/mol. The van der Waals surface area contributed by atoms with Crippen LogP contribution in [-0.2, 0) is 13.0 Å². The second kappa shape index (κ2) is 4.91. The minimum absolute atomic E-state index is 0.289. The summed E-state index contributed by atoms with van der Waals surface area (Å²) in [5.41, 5.74) is 3.14. The third-order valence-electron chi connectivity index (χ3n) is 5.43. The molecule has 1 unspecified atom stereocenters. The second-order valence-corrected chi connectivity index (χ2v) is 7.14. The maximum absolute atomic E-state index is 5.87. The van der Waals surface area contributed by atoms with Crippen molar-refractivity contribution in [2.24, 2.45) is 11.3 Å². The Bertz CT molecular complexity index is 546. The Kier molecular flexibility index (Phi) is 3.14. The van der Waals surface area contributed by atoms with Crippen molar-refractivity contribution in [1.82, 2.24) is 5.32 Å². The van der Waals surface area contributed by atoms with Crippen molar-refractivity contribution in [3.8, 4) is 11.5 Å². The van der Waals surface area contributed by atoms with E-state index in [0.717, 1.165) is 36.9 Å². The van der Waals surface area contributed by atoms with Gasteiger partial charge in [0.05, 0.1) is 7.11 Å². The van der Waals surface area contributed by atoms with Crippen LogP contribution < -0.4 is 14.8 Å². The first-order chi connectivity index (χ1) is 10.2. The fourth-order valence-electron chi connectivity index (χ4n) is 3.84. The molecule has 0 amide bonds. The van der Waals surface area contributed by atoms with E-state index in [1.54, 1.807) is 7.11 Å². The van der Waals surface area contributed by atoms with E-state index in [2.05, 4.69) is 24.4 Å². The van der Waals surface area contributed by atoms with Crippen LogP contribution in [0, 0.1) is 11.3 Å². The molecular weight excluding hydrogens is 262 g/mol. The molecule has 2 saturated carbocycles.